The van der Waals surface area contributed by atoms with Gasteiger partial charge in [-0.2, -0.15) is 10.1 Å². The minimum atomic E-state index is -0.512. The van der Waals surface area contributed by atoms with Gasteiger partial charge in [0.05, 0.1) is 12.0 Å². The summed E-state index contributed by atoms with van der Waals surface area (Å²) in [7, 11) is 0. The highest BCUT2D eigenvalue weighted by molar-refractivity contribution is 6.00. The van der Waals surface area contributed by atoms with Crippen LogP contribution < -0.4 is 5.73 Å². The fourth-order valence-corrected chi connectivity index (χ4v) is 1.89. The molecule has 0 saturated carbocycles. The summed E-state index contributed by atoms with van der Waals surface area (Å²) in [6.07, 6.45) is 1.76. The van der Waals surface area contributed by atoms with Gasteiger partial charge in [0, 0.05) is 12.7 Å². The van der Waals surface area contributed by atoms with Crippen LogP contribution in [-0.2, 0) is 11.3 Å². The van der Waals surface area contributed by atoms with E-state index in [0.717, 1.165) is 0 Å². The topological polar surface area (TPSA) is 95.9 Å². The van der Waals surface area contributed by atoms with Crippen LogP contribution >= 0.6 is 0 Å². The molecule has 2 rings (SSSR count). The molecule has 7 heteroatoms. The van der Waals surface area contributed by atoms with Gasteiger partial charge in [0.15, 0.2) is 11.3 Å². The van der Waals surface area contributed by atoms with E-state index in [4.69, 9.17) is 10.5 Å². The molecule has 0 unspecified atom stereocenters. The number of carbonyl (C=O) groups is 1. The second kappa shape index (κ2) is 5.07. The van der Waals surface area contributed by atoms with Crippen LogP contribution in [0.4, 0.5) is 5.95 Å². The second-order valence-electron chi connectivity index (χ2n) is 5.78. The summed E-state index contributed by atoms with van der Waals surface area (Å²) in [4.78, 5) is 19.9. The lowest BCUT2D eigenvalue weighted by molar-refractivity contribution is 0.0522. The monoisotopic (exact) mass is 277 g/mol. The first-order valence-electron chi connectivity index (χ1n) is 6.48. The molecule has 108 valence electrons. The van der Waals surface area contributed by atoms with Crippen molar-refractivity contribution in [2.75, 3.05) is 12.3 Å². The van der Waals surface area contributed by atoms with Gasteiger partial charge in [-0.05, 0) is 12.3 Å². The predicted octanol–water partition coefficient (Wildman–Crippen LogP) is 1.63. The van der Waals surface area contributed by atoms with E-state index in [2.05, 4.69) is 35.8 Å². The molecular weight excluding hydrogens is 258 g/mol. The number of carbonyl (C=O) groups excluding carboxylic acids is 1. The second-order valence-corrected chi connectivity index (χ2v) is 5.78. The lowest BCUT2D eigenvalue weighted by Gasteiger charge is -2.17. The molecule has 0 aromatic carbocycles. The fraction of sp³-hybridized carbons (Fsp3) is 0.538. The van der Waals surface area contributed by atoms with E-state index in [9.17, 15) is 4.79 Å². The first-order valence-corrected chi connectivity index (χ1v) is 6.48. The van der Waals surface area contributed by atoms with Crippen LogP contribution in [0.3, 0.4) is 0 Å². The lowest BCUT2D eigenvalue weighted by atomic mass is 9.97. The number of nitrogens with two attached hydrogens (primary N) is 1. The average Bonchev–Trinajstić information content (AvgIpc) is 2.67. The third kappa shape index (κ3) is 3.04. The molecule has 0 aliphatic heterocycles. The molecule has 2 heterocycles. The number of aromatic nitrogens is 4. The van der Waals surface area contributed by atoms with E-state index in [-0.39, 0.29) is 23.7 Å². The largest absolute Gasteiger partial charge is 0.461 e. The Balaban J connectivity index is 2.50. The van der Waals surface area contributed by atoms with E-state index in [1.54, 1.807) is 17.8 Å². The van der Waals surface area contributed by atoms with Gasteiger partial charge in [-0.3, -0.25) is 4.68 Å². The highest BCUT2D eigenvalue weighted by atomic mass is 16.5. The van der Waals surface area contributed by atoms with Gasteiger partial charge in [-0.25, -0.2) is 9.78 Å². The molecule has 0 aliphatic carbocycles. The maximum atomic E-state index is 11.9. The Labute approximate surface area is 117 Å². The van der Waals surface area contributed by atoms with Crippen molar-refractivity contribution >= 4 is 23.0 Å². The van der Waals surface area contributed by atoms with Crippen LogP contribution in [0.2, 0.25) is 0 Å². The number of hydrogen-bond acceptors (Lipinski definition) is 6. The quantitative estimate of drug-likeness (QED) is 0.857. The molecule has 0 amide bonds. The van der Waals surface area contributed by atoms with Gasteiger partial charge in [0.1, 0.15) is 0 Å². The number of hydrogen-bond donors (Lipinski definition) is 1. The normalized spacial score (nSPS) is 11.8. The van der Waals surface area contributed by atoms with E-state index >= 15 is 0 Å². The number of nitrogen functional groups attached to an aromatic ring is 1. The van der Waals surface area contributed by atoms with Crippen molar-refractivity contribution in [1.29, 1.82) is 0 Å². The summed E-state index contributed by atoms with van der Waals surface area (Å²) in [5, 5.41) is 4.90. The molecule has 0 aliphatic rings. The van der Waals surface area contributed by atoms with Gasteiger partial charge >= 0.3 is 5.97 Å². The van der Waals surface area contributed by atoms with Crippen LogP contribution in [0.1, 0.15) is 38.2 Å². The zero-order chi connectivity index (χ0) is 14.9. The fourth-order valence-electron chi connectivity index (χ4n) is 1.89. The third-order valence-electron chi connectivity index (χ3n) is 2.55. The number of anilines is 1. The maximum absolute atomic E-state index is 11.9. The zero-order valence-electron chi connectivity index (χ0n) is 12.2. The van der Waals surface area contributed by atoms with Crippen LogP contribution in [0, 0.1) is 5.41 Å². The molecular formula is C13H19N5O2. The standard InChI is InChI=1S/C13H19N5O2/c1-5-20-11(19)9-8-6-18(7-13(2,3)4)17-10(8)16-12(14)15-9/h6H,5,7H2,1-4H3,(H2,14,16,17). The summed E-state index contributed by atoms with van der Waals surface area (Å²) >= 11 is 0. The van der Waals surface area contributed by atoms with Crippen molar-refractivity contribution in [3.05, 3.63) is 11.9 Å². The number of ether oxygens (including phenoxy) is 1. The summed E-state index contributed by atoms with van der Waals surface area (Å²) in [5.41, 5.74) is 6.25. The van der Waals surface area contributed by atoms with Crippen LogP contribution in [0.5, 0.6) is 0 Å². The molecule has 2 N–H and O–H groups in total. The van der Waals surface area contributed by atoms with Crippen LogP contribution in [0.15, 0.2) is 6.20 Å². The van der Waals surface area contributed by atoms with E-state index in [0.29, 0.717) is 17.6 Å². The van der Waals surface area contributed by atoms with Crippen molar-refractivity contribution in [2.24, 2.45) is 5.41 Å². The van der Waals surface area contributed by atoms with Crippen LogP contribution in [-0.4, -0.2) is 32.3 Å². The molecule has 2 aromatic rings. The van der Waals surface area contributed by atoms with Gasteiger partial charge in [-0.15, -0.1) is 0 Å². The summed E-state index contributed by atoms with van der Waals surface area (Å²) < 4.78 is 6.73. The molecule has 0 saturated heterocycles. The average molecular weight is 277 g/mol. The molecule has 0 fully saturated rings. The summed E-state index contributed by atoms with van der Waals surface area (Å²) in [5.74, 6) is -0.497. The number of esters is 1. The predicted molar refractivity (Wildman–Crippen MR) is 75.1 cm³/mol. The zero-order valence-corrected chi connectivity index (χ0v) is 12.2. The Morgan fingerprint density at radius 1 is 1.40 bits per heavy atom. The first kappa shape index (κ1) is 14.2. The van der Waals surface area contributed by atoms with Crippen molar-refractivity contribution < 1.29 is 9.53 Å². The smallest absolute Gasteiger partial charge is 0.357 e. The molecule has 0 bridgehead atoms. The van der Waals surface area contributed by atoms with E-state index in [1.807, 2.05) is 0 Å². The maximum Gasteiger partial charge on any atom is 0.357 e. The molecule has 20 heavy (non-hydrogen) atoms. The first-order chi connectivity index (χ1) is 9.30. The van der Waals surface area contributed by atoms with Gasteiger partial charge in [0.2, 0.25) is 5.95 Å². The Bertz CT molecular complexity index is 642. The lowest BCUT2D eigenvalue weighted by Crippen LogP contribution is -2.15. The van der Waals surface area contributed by atoms with Gasteiger partial charge in [-0.1, -0.05) is 20.8 Å². The Hall–Kier alpha value is -2.18. The van der Waals surface area contributed by atoms with Gasteiger partial charge < -0.3 is 10.5 Å². The Morgan fingerprint density at radius 3 is 2.70 bits per heavy atom. The van der Waals surface area contributed by atoms with E-state index in [1.165, 1.54) is 0 Å². The summed E-state index contributed by atoms with van der Waals surface area (Å²) in [6.45, 7) is 9.03. The van der Waals surface area contributed by atoms with E-state index < -0.39 is 5.97 Å². The SMILES string of the molecule is CCOC(=O)c1nc(N)nc2nn(CC(C)(C)C)cc12. The highest BCUT2D eigenvalue weighted by Crippen LogP contribution is 2.20. The third-order valence-corrected chi connectivity index (χ3v) is 2.55. The van der Waals surface area contributed by atoms with Gasteiger partial charge in [0.25, 0.3) is 0 Å². The minimum absolute atomic E-state index is 0.0153. The molecule has 0 radical (unpaired) electrons. The number of fused-ring (bicyclic) bond motifs is 1. The Kier molecular flexibility index (Phi) is 3.61. The molecule has 7 nitrogen and oxygen atoms in total. The van der Waals surface area contributed by atoms with Crippen molar-refractivity contribution in [1.82, 2.24) is 19.7 Å². The molecule has 0 atom stereocenters. The highest BCUT2D eigenvalue weighted by Gasteiger charge is 2.19. The minimum Gasteiger partial charge on any atom is -0.461 e. The number of rotatable bonds is 3. The summed E-state index contributed by atoms with van der Waals surface area (Å²) in [6, 6.07) is 0. The number of nitrogens with zero attached hydrogens (tertiary/aromatic N) is 4. The van der Waals surface area contributed by atoms with Crippen molar-refractivity contribution in [3.8, 4) is 0 Å². The van der Waals surface area contributed by atoms with Crippen molar-refractivity contribution in [3.63, 3.8) is 0 Å². The molecule has 2 aromatic heterocycles. The Morgan fingerprint density at radius 2 is 2.10 bits per heavy atom. The molecule has 0 spiro atoms. The van der Waals surface area contributed by atoms with Crippen LogP contribution in [0.25, 0.3) is 11.0 Å². The van der Waals surface area contributed by atoms with Crippen molar-refractivity contribution in [2.45, 2.75) is 34.2 Å².